The van der Waals surface area contributed by atoms with Crippen molar-refractivity contribution >= 4 is 5.82 Å². The largest absolute Gasteiger partial charge is 0.390 e. The third kappa shape index (κ3) is 3.38. The molecule has 0 saturated carbocycles. The normalized spacial score (nSPS) is 20.2. The molecule has 0 amide bonds. The minimum absolute atomic E-state index is 0.0748. The molecule has 1 N–H and O–H groups in total. The Hall–Kier alpha value is -1.20. The Kier molecular flexibility index (Phi) is 4.28. The third-order valence-corrected chi connectivity index (χ3v) is 2.98. The molecule has 17 heavy (non-hydrogen) atoms. The van der Waals surface area contributed by atoms with Gasteiger partial charge in [0.1, 0.15) is 5.82 Å². The van der Waals surface area contributed by atoms with Crippen LogP contribution >= 0.6 is 0 Å². The summed E-state index contributed by atoms with van der Waals surface area (Å²) in [6, 6.07) is 0. The molecule has 0 radical (unpaired) electrons. The van der Waals surface area contributed by atoms with Gasteiger partial charge in [-0.05, 0) is 19.3 Å². The maximum Gasteiger partial charge on any atom is 0.147 e. The van der Waals surface area contributed by atoms with Crippen LogP contribution in [0.4, 0.5) is 5.82 Å². The van der Waals surface area contributed by atoms with Crippen molar-refractivity contribution in [2.45, 2.75) is 32.0 Å². The Morgan fingerprint density at radius 3 is 3.06 bits per heavy atom. The SMILES string of the molecule is CN(CC1CCCCO1)c1cncc(CO)n1. The molecule has 0 bridgehead atoms. The molecule has 1 aliphatic heterocycles. The zero-order chi connectivity index (χ0) is 12.1. The van der Waals surface area contributed by atoms with E-state index in [-0.39, 0.29) is 12.7 Å². The van der Waals surface area contributed by atoms with Crippen molar-refractivity contribution in [1.82, 2.24) is 9.97 Å². The molecule has 5 heteroatoms. The van der Waals surface area contributed by atoms with Crippen LogP contribution in [-0.4, -0.2) is 41.4 Å². The van der Waals surface area contributed by atoms with E-state index in [1.54, 1.807) is 12.4 Å². The molecule has 2 heterocycles. The van der Waals surface area contributed by atoms with Crippen LogP contribution < -0.4 is 4.90 Å². The summed E-state index contributed by atoms with van der Waals surface area (Å²) in [7, 11) is 1.98. The molecule has 1 aromatic heterocycles. The number of hydrogen-bond acceptors (Lipinski definition) is 5. The third-order valence-electron chi connectivity index (χ3n) is 2.98. The molecule has 5 nitrogen and oxygen atoms in total. The van der Waals surface area contributed by atoms with Gasteiger partial charge in [-0.25, -0.2) is 4.98 Å². The summed E-state index contributed by atoms with van der Waals surface area (Å²) in [4.78, 5) is 10.4. The first-order chi connectivity index (χ1) is 8.29. The lowest BCUT2D eigenvalue weighted by atomic mass is 10.1. The van der Waals surface area contributed by atoms with Gasteiger partial charge in [0.05, 0.1) is 30.8 Å². The lowest BCUT2D eigenvalue weighted by Crippen LogP contribution is -2.33. The van der Waals surface area contributed by atoms with Gasteiger partial charge >= 0.3 is 0 Å². The first-order valence-electron chi connectivity index (χ1n) is 6.04. The summed E-state index contributed by atoms with van der Waals surface area (Å²) in [5.74, 6) is 0.783. The zero-order valence-electron chi connectivity index (χ0n) is 10.2. The first-order valence-corrected chi connectivity index (χ1v) is 6.04. The summed E-state index contributed by atoms with van der Waals surface area (Å²) in [5.41, 5.74) is 0.596. The standard InChI is InChI=1S/C12H19N3O2/c1-15(8-11-4-2-3-5-17-11)12-7-13-6-10(9-16)14-12/h6-7,11,16H,2-5,8-9H2,1H3. The number of likely N-dealkylation sites (N-methyl/N-ethyl adjacent to an activating group) is 1. The predicted octanol–water partition coefficient (Wildman–Crippen LogP) is 0.974. The van der Waals surface area contributed by atoms with E-state index < -0.39 is 0 Å². The van der Waals surface area contributed by atoms with E-state index in [1.165, 1.54) is 12.8 Å². The van der Waals surface area contributed by atoms with Gasteiger partial charge in [-0.2, -0.15) is 0 Å². The van der Waals surface area contributed by atoms with Crippen LogP contribution in [0.2, 0.25) is 0 Å². The van der Waals surface area contributed by atoms with Crippen LogP contribution in [0.1, 0.15) is 25.0 Å². The molecule has 1 fully saturated rings. The Bertz CT molecular complexity index is 353. The van der Waals surface area contributed by atoms with Crippen LogP contribution in [0.5, 0.6) is 0 Å². The van der Waals surface area contributed by atoms with Crippen LogP contribution in [-0.2, 0) is 11.3 Å². The number of nitrogens with zero attached hydrogens (tertiary/aromatic N) is 3. The smallest absolute Gasteiger partial charge is 0.147 e. The molecule has 1 atom stereocenters. The van der Waals surface area contributed by atoms with E-state index >= 15 is 0 Å². The highest BCUT2D eigenvalue weighted by Crippen LogP contribution is 2.16. The molecule has 2 rings (SSSR count). The molecule has 0 aromatic carbocycles. The van der Waals surface area contributed by atoms with Crippen molar-refractivity contribution in [3.8, 4) is 0 Å². The Labute approximate surface area is 101 Å². The molecule has 0 aliphatic carbocycles. The lowest BCUT2D eigenvalue weighted by molar-refractivity contribution is 0.0215. The maximum absolute atomic E-state index is 9.02. The number of aliphatic hydroxyl groups excluding tert-OH is 1. The average molecular weight is 237 g/mol. The van der Waals surface area contributed by atoms with E-state index in [0.717, 1.165) is 25.4 Å². The van der Waals surface area contributed by atoms with Crippen LogP contribution in [0.15, 0.2) is 12.4 Å². The monoisotopic (exact) mass is 237 g/mol. The van der Waals surface area contributed by atoms with Crippen LogP contribution in [0.25, 0.3) is 0 Å². The van der Waals surface area contributed by atoms with E-state index in [1.807, 2.05) is 11.9 Å². The Morgan fingerprint density at radius 1 is 1.47 bits per heavy atom. The van der Waals surface area contributed by atoms with Crippen molar-refractivity contribution in [3.05, 3.63) is 18.1 Å². The van der Waals surface area contributed by atoms with Crippen molar-refractivity contribution in [2.24, 2.45) is 0 Å². The molecule has 0 spiro atoms. The molecule has 1 aromatic rings. The average Bonchev–Trinajstić information content (AvgIpc) is 2.40. The van der Waals surface area contributed by atoms with E-state index in [2.05, 4.69) is 9.97 Å². The van der Waals surface area contributed by atoms with Gasteiger partial charge in [0, 0.05) is 20.2 Å². The van der Waals surface area contributed by atoms with Crippen molar-refractivity contribution in [2.75, 3.05) is 25.1 Å². The second-order valence-corrected chi connectivity index (χ2v) is 4.40. The molecule has 1 unspecified atom stereocenters. The number of anilines is 1. The van der Waals surface area contributed by atoms with E-state index in [4.69, 9.17) is 9.84 Å². The number of aliphatic hydroxyl groups is 1. The van der Waals surface area contributed by atoms with Crippen molar-refractivity contribution in [3.63, 3.8) is 0 Å². The quantitative estimate of drug-likeness (QED) is 0.845. The highest BCUT2D eigenvalue weighted by Gasteiger charge is 2.16. The fourth-order valence-corrected chi connectivity index (χ4v) is 2.01. The Balaban J connectivity index is 1.95. The van der Waals surface area contributed by atoms with Gasteiger partial charge in [-0.3, -0.25) is 4.98 Å². The molecule has 94 valence electrons. The number of aromatic nitrogens is 2. The van der Waals surface area contributed by atoms with Gasteiger partial charge in [-0.1, -0.05) is 0 Å². The first kappa shape index (κ1) is 12.3. The molecular formula is C12H19N3O2. The predicted molar refractivity (Wildman–Crippen MR) is 64.8 cm³/mol. The fraction of sp³-hybridized carbons (Fsp3) is 0.667. The minimum atomic E-state index is -0.0748. The summed E-state index contributed by atoms with van der Waals surface area (Å²) in [6.07, 6.45) is 7.09. The van der Waals surface area contributed by atoms with Crippen LogP contribution in [0.3, 0.4) is 0 Å². The van der Waals surface area contributed by atoms with Crippen LogP contribution in [0, 0.1) is 0 Å². The van der Waals surface area contributed by atoms with E-state index in [9.17, 15) is 0 Å². The Morgan fingerprint density at radius 2 is 2.35 bits per heavy atom. The molecular weight excluding hydrogens is 218 g/mol. The number of hydrogen-bond donors (Lipinski definition) is 1. The minimum Gasteiger partial charge on any atom is -0.390 e. The van der Waals surface area contributed by atoms with Crippen molar-refractivity contribution in [1.29, 1.82) is 0 Å². The van der Waals surface area contributed by atoms with Gasteiger partial charge < -0.3 is 14.7 Å². The van der Waals surface area contributed by atoms with Gasteiger partial charge in [-0.15, -0.1) is 0 Å². The zero-order valence-corrected chi connectivity index (χ0v) is 10.2. The maximum atomic E-state index is 9.02. The fourth-order valence-electron chi connectivity index (χ4n) is 2.01. The summed E-state index contributed by atoms with van der Waals surface area (Å²) < 4.78 is 5.69. The lowest BCUT2D eigenvalue weighted by Gasteiger charge is -2.27. The summed E-state index contributed by atoms with van der Waals surface area (Å²) in [5, 5.41) is 9.02. The van der Waals surface area contributed by atoms with Gasteiger partial charge in [0.15, 0.2) is 0 Å². The van der Waals surface area contributed by atoms with E-state index in [0.29, 0.717) is 5.69 Å². The van der Waals surface area contributed by atoms with Crippen molar-refractivity contribution < 1.29 is 9.84 Å². The summed E-state index contributed by atoms with van der Waals surface area (Å²) in [6.45, 7) is 1.61. The number of ether oxygens (including phenoxy) is 1. The second kappa shape index (κ2) is 5.93. The summed E-state index contributed by atoms with van der Waals surface area (Å²) >= 11 is 0. The van der Waals surface area contributed by atoms with Gasteiger partial charge in [0.2, 0.25) is 0 Å². The second-order valence-electron chi connectivity index (χ2n) is 4.40. The highest BCUT2D eigenvalue weighted by atomic mass is 16.5. The topological polar surface area (TPSA) is 58.5 Å². The molecule has 1 aliphatic rings. The molecule has 1 saturated heterocycles. The van der Waals surface area contributed by atoms with Gasteiger partial charge in [0.25, 0.3) is 0 Å². The highest BCUT2D eigenvalue weighted by molar-refractivity contribution is 5.35. The number of rotatable bonds is 4.